The van der Waals surface area contributed by atoms with Crippen LogP contribution in [0.4, 0.5) is 10.7 Å². The molecule has 0 N–H and O–H groups in total. The molecule has 2 aromatic rings. The third-order valence-corrected chi connectivity index (χ3v) is 5.64. The van der Waals surface area contributed by atoms with E-state index in [1.54, 1.807) is 4.57 Å². The highest BCUT2D eigenvalue weighted by atomic mass is 16.5. The number of amidine groups is 1. The quantitative estimate of drug-likeness (QED) is 0.532. The molecule has 1 saturated heterocycles. The van der Waals surface area contributed by atoms with Gasteiger partial charge in [-0.15, -0.1) is 0 Å². The van der Waals surface area contributed by atoms with Gasteiger partial charge in [-0.05, 0) is 32.9 Å². The average Bonchev–Trinajstić information content (AvgIpc) is 3.26. The number of methoxy groups -OCH3 is 1. The number of imide groups is 1. The Kier molecular flexibility index (Phi) is 5.00. The van der Waals surface area contributed by atoms with Crippen LogP contribution in [0.15, 0.2) is 29.3 Å². The third kappa shape index (κ3) is 2.97. The molecule has 2 aliphatic rings. The number of imidazole rings is 1. The van der Waals surface area contributed by atoms with Crippen LogP contribution in [-0.2, 0) is 14.3 Å². The number of hydrogen-bond acceptors (Lipinski definition) is 6. The Bertz CT molecular complexity index is 1140. The van der Waals surface area contributed by atoms with Gasteiger partial charge in [-0.2, -0.15) is 4.57 Å². The van der Waals surface area contributed by atoms with Crippen molar-refractivity contribution in [3.63, 3.8) is 0 Å². The van der Waals surface area contributed by atoms with Gasteiger partial charge < -0.3 is 9.47 Å². The summed E-state index contributed by atoms with van der Waals surface area (Å²) in [6.45, 7) is 5.79. The van der Waals surface area contributed by atoms with Crippen LogP contribution in [0.5, 0.6) is 5.75 Å². The number of nitrogens with zero attached hydrogens (tertiary/aromatic N) is 5. The van der Waals surface area contributed by atoms with Gasteiger partial charge in [0.25, 0.3) is 5.91 Å². The number of carbonyl (C=O) groups is 3. The van der Waals surface area contributed by atoms with Crippen LogP contribution in [0.2, 0.25) is 0 Å². The van der Waals surface area contributed by atoms with Crippen molar-refractivity contribution in [2.75, 3.05) is 27.3 Å². The van der Waals surface area contributed by atoms with E-state index >= 15 is 0 Å². The summed E-state index contributed by atoms with van der Waals surface area (Å²) in [5.74, 6) is 0.320. The van der Waals surface area contributed by atoms with E-state index in [9.17, 15) is 14.4 Å². The second-order valence-electron chi connectivity index (χ2n) is 7.29. The van der Waals surface area contributed by atoms with E-state index < -0.39 is 30.5 Å². The first-order valence-electron chi connectivity index (χ1n) is 9.91. The number of aliphatic imine (C=N–C) groups is 1. The highest BCUT2D eigenvalue weighted by molar-refractivity contribution is 6.19. The molecule has 1 fully saturated rings. The number of carbonyl (C=O) groups excluding carboxylic acids is 3. The lowest BCUT2D eigenvalue weighted by Crippen LogP contribution is -2.64. The van der Waals surface area contributed by atoms with E-state index in [0.717, 1.165) is 22.0 Å². The number of benzene rings is 1. The predicted octanol–water partition coefficient (Wildman–Crippen LogP) is 1.43. The van der Waals surface area contributed by atoms with Crippen LogP contribution in [0.25, 0.3) is 5.69 Å². The van der Waals surface area contributed by atoms with Crippen molar-refractivity contribution in [1.29, 1.82) is 0 Å². The molecule has 2 aliphatic heterocycles. The van der Waals surface area contributed by atoms with Crippen molar-refractivity contribution in [3.8, 4) is 11.4 Å². The molecule has 0 spiro atoms. The van der Waals surface area contributed by atoms with E-state index in [1.807, 2.05) is 49.6 Å². The Labute approximate surface area is 179 Å². The van der Waals surface area contributed by atoms with Crippen molar-refractivity contribution in [1.82, 2.24) is 14.4 Å². The van der Waals surface area contributed by atoms with E-state index in [4.69, 9.17) is 4.74 Å². The number of urea groups is 1. The molecule has 1 aromatic heterocycles. The minimum atomic E-state index is -0.846. The molecule has 1 aromatic carbocycles. The van der Waals surface area contributed by atoms with E-state index in [2.05, 4.69) is 9.73 Å². The maximum atomic E-state index is 13.3. The fraction of sp³-hybridized carbons (Fsp3) is 0.381. The average molecular weight is 426 g/mol. The SMILES string of the molecule is CCOc1ccccc1-n1c(C)c(C)[n+]2c1N=C1C2C(=O)N(CC(=O)OC)C(=O)N1C. The van der Waals surface area contributed by atoms with Gasteiger partial charge in [-0.3, -0.25) is 14.5 Å². The summed E-state index contributed by atoms with van der Waals surface area (Å²) in [5.41, 5.74) is 2.49. The van der Waals surface area contributed by atoms with Gasteiger partial charge in [0.2, 0.25) is 11.9 Å². The minimum Gasteiger partial charge on any atom is -0.490 e. The van der Waals surface area contributed by atoms with E-state index in [1.165, 1.54) is 19.1 Å². The number of fused-ring (bicyclic) bond motifs is 3. The largest absolute Gasteiger partial charge is 0.490 e. The molecular weight excluding hydrogens is 402 g/mol. The van der Waals surface area contributed by atoms with Crippen LogP contribution in [0, 0.1) is 13.8 Å². The number of esters is 1. The molecule has 0 saturated carbocycles. The predicted molar refractivity (Wildman–Crippen MR) is 110 cm³/mol. The number of aromatic nitrogens is 2. The summed E-state index contributed by atoms with van der Waals surface area (Å²) in [7, 11) is 2.75. The maximum absolute atomic E-state index is 13.3. The Balaban J connectivity index is 1.88. The molecule has 4 rings (SSSR count). The number of ether oxygens (including phenoxy) is 2. The molecule has 31 heavy (non-hydrogen) atoms. The number of rotatable bonds is 5. The Hall–Kier alpha value is -3.69. The summed E-state index contributed by atoms with van der Waals surface area (Å²) < 4.78 is 14.2. The molecule has 0 aliphatic carbocycles. The van der Waals surface area contributed by atoms with Crippen molar-refractivity contribution >= 4 is 29.7 Å². The maximum Gasteiger partial charge on any atom is 0.407 e. The Morgan fingerprint density at radius 2 is 1.94 bits per heavy atom. The highest BCUT2D eigenvalue weighted by Crippen LogP contribution is 2.35. The second-order valence-corrected chi connectivity index (χ2v) is 7.29. The lowest BCUT2D eigenvalue weighted by molar-refractivity contribution is -0.682. The van der Waals surface area contributed by atoms with Crippen molar-refractivity contribution < 1.29 is 28.4 Å². The zero-order chi connectivity index (χ0) is 22.4. The fourth-order valence-corrected chi connectivity index (χ4v) is 3.98. The molecule has 3 heterocycles. The standard InChI is InChI=1S/C21H24N5O5/c1-6-31-15-10-8-7-9-14(15)25-12(2)13(3)26-17-18(22-20(25)26)23(4)21(29)24(19(17)28)11-16(27)30-5/h7-10,17H,6,11H2,1-5H3/q+1. The van der Waals surface area contributed by atoms with E-state index in [-0.39, 0.29) is 0 Å². The molecule has 3 amide bonds. The summed E-state index contributed by atoms with van der Waals surface area (Å²) in [5, 5.41) is 0. The number of amides is 3. The van der Waals surface area contributed by atoms with E-state index in [0.29, 0.717) is 24.1 Å². The lowest BCUT2D eigenvalue weighted by atomic mass is 10.1. The van der Waals surface area contributed by atoms with Crippen LogP contribution in [-0.4, -0.2) is 65.4 Å². The topological polar surface area (TPSA) is 97.3 Å². The Morgan fingerprint density at radius 3 is 2.61 bits per heavy atom. The monoisotopic (exact) mass is 426 g/mol. The van der Waals surface area contributed by atoms with Crippen molar-refractivity contribution in [3.05, 3.63) is 35.7 Å². The normalized spacial score (nSPS) is 17.5. The van der Waals surface area contributed by atoms with Gasteiger partial charge in [0.1, 0.15) is 23.6 Å². The molecule has 162 valence electrons. The second kappa shape index (κ2) is 7.53. The first kappa shape index (κ1) is 20.6. The van der Waals surface area contributed by atoms with Crippen molar-refractivity contribution in [2.24, 2.45) is 4.99 Å². The molecule has 10 heteroatoms. The summed E-state index contributed by atoms with van der Waals surface area (Å²) in [4.78, 5) is 44.7. The molecule has 0 bridgehead atoms. The van der Waals surface area contributed by atoms with Gasteiger partial charge in [0.15, 0.2) is 5.75 Å². The zero-order valence-corrected chi connectivity index (χ0v) is 18.1. The molecular formula is C21H24N5O5+. The summed E-state index contributed by atoms with van der Waals surface area (Å²) in [6.07, 6.45) is 0. The summed E-state index contributed by atoms with van der Waals surface area (Å²) >= 11 is 0. The molecule has 1 atom stereocenters. The number of para-hydroxylation sites is 2. The molecule has 0 radical (unpaired) electrons. The van der Waals surface area contributed by atoms with Crippen LogP contribution < -0.4 is 9.30 Å². The number of likely N-dealkylation sites (N-methyl/N-ethyl adjacent to an activating group) is 1. The molecule has 10 nitrogen and oxygen atoms in total. The Morgan fingerprint density at radius 1 is 1.23 bits per heavy atom. The third-order valence-electron chi connectivity index (χ3n) is 5.64. The van der Waals surface area contributed by atoms with Gasteiger partial charge in [-0.1, -0.05) is 17.1 Å². The van der Waals surface area contributed by atoms with Gasteiger partial charge in [0, 0.05) is 7.05 Å². The van der Waals surface area contributed by atoms with Crippen molar-refractivity contribution in [2.45, 2.75) is 26.8 Å². The lowest BCUT2D eigenvalue weighted by Gasteiger charge is -2.32. The van der Waals surface area contributed by atoms with Crippen LogP contribution >= 0.6 is 0 Å². The van der Waals surface area contributed by atoms with Gasteiger partial charge in [-0.25, -0.2) is 14.3 Å². The first-order valence-corrected chi connectivity index (χ1v) is 9.91. The van der Waals surface area contributed by atoms with Crippen LogP contribution in [0.1, 0.15) is 24.4 Å². The minimum absolute atomic E-state index is 0.317. The van der Waals surface area contributed by atoms with Gasteiger partial charge in [0.05, 0.1) is 13.7 Å². The number of hydrogen-bond donors (Lipinski definition) is 0. The fourth-order valence-electron chi connectivity index (χ4n) is 3.98. The summed E-state index contributed by atoms with van der Waals surface area (Å²) in [6, 6.07) is 6.12. The molecule has 1 unspecified atom stereocenters. The smallest absolute Gasteiger partial charge is 0.407 e. The zero-order valence-electron chi connectivity index (χ0n) is 18.1. The van der Waals surface area contributed by atoms with Gasteiger partial charge >= 0.3 is 17.9 Å². The highest BCUT2D eigenvalue weighted by Gasteiger charge is 2.54. The van der Waals surface area contributed by atoms with Crippen LogP contribution in [0.3, 0.4) is 0 Å². The first-order chi connectivity index (χ1) is 14.8.